The highest BCUT2D eigenvalue weighted by Gasteiger charge is 2.15. The van der Waals surface area contributed by atoms with Gasteiger partial charge in [0.1, 0.15) is 11.9 Å². The number of nitriles is 1. The molecule has 1 heterocycles. The van der Waals surface area contributed by atoms with Gasteiger partial charge in [-0.1, -0.05) is 42.5 Å². The maximum atomic E-state index is 14.2. The summed E-state index contributed by atoms with van der Waals surface area (Å²) in [7, 11) is 0. The largest absolute Gasteiger partial charge is 0.309 e. The molecule has 0 spiro atoms. The number of benzene rings is 4. The van der Waals surface area contributed by atoms with Crippen LogP contribution in [0.15, 0.2) is 84.9 Å². The Morgan fingerprint density at radius 1 is 0.800 bits per heavy atom. The van der Waals surface area contributed by atoms with Gasteiger partial charge >= 0.3 is 0 Å². The molecule has 0 aliphatic rings. The molecule has 0 fully saturated rings. The molecule has 0 radical (unpaired) electrons. The van der Waals surface area contributed by atoms with Crippen molar-refractivity contribution >= 4 is 27.5 Å². The van der Waals surface area contributed by atoms with Crippen molar-refractivity contribution in [3.05, 3.63) is 108 Å². The lowest BCUT2D eigenvalue weighted by molar-refractivity contribution is 0.630. The third-order valence-corrected chi connectivity index (χ3v) is 5.31. The van der Waals surface area contributed by atoms with Crippen molar-refractivity contribution in [2.75, 3.05) is 0 Å². The van der Waals surface area contributed by atoms with Gasteiger partial charge in [0.05, 0.1) is 23.2 Å². The van der Waals surface area contributed by atoms with Gasteiger partial charge in [-0.15, -0.1) is 0 Å². The van der Waals surface area contributed by atoms with E-state index in [1.54, 1.807) is 0 Å². The maximum absolute atomic E-state index is 14.2. The lowest BCUT2D eigenvalue weighted by Gasteiger charge is -2.08. The van der Waals surface area contributed by atoms with Crippen molar-refractivity contribution in [3.63, 3.8) is 0 Å². The third kappa shape index (κ3) is 2.64. The van der Waals surface area contributed by atoms with Gasteiger partial charge in [-0.05, 0) is 53.6 Å². The first-order valence-electron chi connectivity index (χ1n) is 9.41. The van der Waals surface area contributed by atoms with Crippen LogP contribution in [0.5, 0.6) is 0 Å². The lowest BCUT2D eigenvalue weighted by Crippen LogP contribution is -1.93. The Kier molecular flexibility index (Phi) is 4.05. The molecule has 0 amide bonds. The topological polar surface area (TPSA) is 33.1 Å². The molecule has 5 rings (SSSR count). The van der Waals surface area contributed by atoms with E-state index >= 15 is 0 Å². The first-order valence-corrected chi connectivity index (χ1v) is 9.41. The van der Waals surface area contributed by atoms with E-state index in [0.29, 0.717) is 5.56 Å². The van der Waals surface area contributed by atoms with Crippen LogP contribution in [-0.4, -0.2) is 4.57 Å². The molecule has 0 atom stereocenters. The highest BCUT2D eigenvalue weighted by atomic mass is 19.1. The molecule has 4 aromatic carbocycles. The van der Waals surface area contributed by atoms with Gasteiger partial charge in [-0.2, -0.15) is 5.26 Å². The summed E-state index contributed by atoms with van der Waals surface area (Å²) >= 11 is 0. The van der Waals surface area contributed by atoms with Crippen molar-refractivity contribution in [2.24, 2.45) is 0 Å². The Morgan fingerprint density at radius 3 is 2.30 bits per heavy atom. The van der Waals surface area contributed by atoms with Crippen molar-refractivity contribution in [1.82, 2.24) is 4.57 Å². The van der Waals surface area contributed by atoms with E-state index in [1.165, 1.54) is 12.1 Å². The Morgan fingerprint density at radius 2 is 1.53 bits per heavy atom. The minimum atomic E-state index is -0.766. The van der Waals surface area contributed by atoms with Crippen molar-refractivity contribution in [2.45, 2.75) is 0 Å². The van der Waals surface area contributed by atoms with Crippen LogP contribution in [0.3, 0.4) is 0 Å². The maximum Gasteiger partial charge on any atom is 0.224 e. The summed E-state index contributed by atoms with van der Waals surface area (Å²) in [6.07, 6.45) is 0. The van der Waals surface area contributed by atoms with Crippen LogP contribution in [0.25, 0.3) is 43.5 Å². The van der Waals surface area contributed by atoms with Gasteiger partial charge in [0.25, 0.3) is 0 Å². The predicted octanol–water partition coefficient (Wildman–Crippen LogP) is 7.01. The van der Waals surface area contributed by atoms with Gasteiger partial charge in [0.15, 0.2) is 0 Å². The van der Waals surface area contributed by atoms with Crippen LogP contribution in [-0.2, 0) is 0 Å². The van der Waals surface area contributed by atoms with Crippen LogP contribution in [0, 0.1) is 23.7 Å². The second-order valence-electron chi connectivity index (χ2n) is 7.00. The summed E-state index contributed by atoms with van der Waals surface area (Å²) < 4.78 is 16.4. The fourth-order valence-electron chi connectivity index (χ4n) is 3.95. The minimum Gasteiger partial charge on any atom is -0.309 e. The molecule has 0 bridgehead atoms. The average Bonchev–Trinajstić information content (AvgIpc) is 3.13. The zero-order chi connectivity index (χ0) is 20.7. The molecule has 0 unspecified atom stereocenters. The Balaban J connectivity index is 1.81. The molecule has 1 aromatic heterocycles. The Labute approximate surface area is 172 Å². The Hall–Kier alpha value is -4.41. The minimum absolute atomic E-state index is 0.120. The number of halogens is 1. The molecular weight excluding hydrogens is 373 g/mol. The summed E-state index contributed by atoms with van der Waals surface area (Å²) in [6.45, 7) is 7.23. The van der Waals surface area contributed by atoms with Crippen LogP contribution in [0.4, 0.5) is 10.1 Å². The average molecular weight is 387 g/mol. The van der Waals surface area contributed by atoms with Gasteiger partial charge in [-0.3, -0.25) is 0 Å². The zero-order valence-corrected chi connectivity index (χ0v) is 15.8. The molecule has 0 aliphatic heterocycles. The number of nitrogens with zero attached hydrogens (tertiary/aromatic N) is 3. The fourth-order valence-corrected chi connectivity index (χ4v) is 3.95. The molecule has 4 heteroatoms. The normalized spacial score (nSPS) is 10.8. The number of hydrogen-bond donors (Lipinski definition) is 0. The number of hydrogen-bond acceptors (Lipinski definition) is 1. The van der Waals surface area contributed by atoms with Gasteiger partial charge < -0.3 is 4.57 Å². The van der Waals surface area contributed by atoms with Crippen molar-refractivity contribution in [1.29, 1.82) is 5.26 Å². The highest BCUT2D eigenvalue weighted by molar-refractivity contribution is 6.10. The Bertz CT molecular complexity index is 1480. The predicted molar refractivity (Wildman–Crippen MR) is 117 cm³/mol. The van der Waals surface area contributed by atoms with Crippen molar-refractivity contribution < 1.29 is 4.39 Å². The molecule has 30 heavy (non-hydrogen) atoms. The second-order valence-corrected chi connectivity index (χ2v) is 7.00. The van der Waals surface area contributed by atoms with Crippen LogP contribution >= 0.6 is 0 Å². The van der Waals surface area contributed by atoms with E-state index in [2.05, 4.69) is 33.7 Å². The number of para-hydroxylation sites is 2. The fraction of sp³-hybridized carbons (Fsp3) is 0. The molecule has 3 nitrogen and oxygen atoms in total. The van der Waals surface area contributed by atoms with Gasteiger partial charge in [-0.25, -0.2) is 9.24 Å². The van der Waals surface area contributed by atoms with Crippen LogP contribution in [0.2, 0.25) is 0 Å². The van der Waals surface area contributed by atoms with Crippen molar-refractivity contribution in [3.8, 4) is 22.9 Å². The molecule has 0 N–H and O–H groups in total. The summed E-state index contributed by atoms with van der Waals surface area (Å²) in [6, 6.07) is 29.2. The summed E-state index contributed by atoms with van der Waals surface area (Å²) in [4.78, 5) is 3.24. The second kappa shape index (κ2) is 6.88. The third-order valence-electron chi connectivity index (χ3n) is 5.31. The molecular formula is C26H14FN3. The standard InChI is InChI=1S/C26H14FN3/c1-29-23-15-18(13-19(16-28)26(23)27)17-11-12-25-22(14-17)21-9-5-6-10-24(21)30(25)20-7-3-2-4-8-20/h2-15H. The van der Waals surface area contributed by atoms with Crippen LogP contribution in [0.1, 0.15) is 5.56 Å². The van der Waals surface area contributed by atoms with Gasteiger partial charge in [0, 0.05) is 16.5 Å². The lowest BCUT2D eigenvalue weighted by atomic mass is 10.00. The summed E-state index contributed by atoms with van der Waals surface area (Å²) in [5, 5.41) is 11.4. The smallest absolute Gasteiger partial charge is 0.224 e. The quantitative estimate of drug-likeness (QED) is 0.300. The van der Waals surface area contributed by atoms with Gasteiger partial charge in [0.2, 0.25) is 5.69 Å². The summed E-state index contributed by atoms with van der Waals surface area (Å²) in [5.74, 6) is -0.766. The van der Waals surface area contributed by atoms with E-state index in [0.717, 1.165) is 33.1 Å². The van der Waals surface area contributed by atoms with E-state index < -0.39 is 5.82 Å². The van der Waals surface area contributed by atoms with Crippen LogP contribution < -0.4 is 0 Å². The van der Waals surface area contributed by atoms with E-state index in [9.17, 15) is 9.65 Å². The number of fused-ring (bicyclic) bond motifs is 3. The SMILES string of the molecule is [C-]#[N+]c1cc(-c2ccc3c(c2)c2ccccc2n3-c2ccccc2)cc(C#N)c1F. The molecule has 5 aromatic rings. The van der Waals surface area contributed by atoms with E-state index in [4.69, 9.17) is 6.57 Å². The monoisotopic (exact) mass is 387 g/mol. The number of aromatic nitrogens is 1. The molecule has 0 aliphatic carbocycles. The first-order chi connectivity index (χ1) is 14.7. The van der Waals surface area contributed by atoms with E-state index in [-0.39, 0.29) is 11.3 Å². The molecule has 0 saturated carbocycles. The number of rotatable bonds is 2. The first kappa shape index (κ1) is 17.7. The molecule has 140 valence electrons. The molecule has 0 saturated heterocycles. The summed E-state index contributed by atoms with van der Waals surface area (Å²) in [5.41, 5.74) is 4.44. The highest BCUT2D eigenvalue weighted by Crippen LogP contribution is 2.36. The van der Waals surface area contributed by atoms with E-state index in [1.807, 2.05) is 54.6 Å². The zero-order valence-electron chi connectivity index (χ0n) is 15.8.